The molecule has 1 fully saturated rings. The molecule has 1 saturated heterocycles. The van der Waals surface area contributed by atoms with Gasteiger partial charge in [0.25, 0.3) is 5.69 Å². The van der Waals surface area contributed by atoms with Crippen LogP contribution in [0, 0.1) is 10.1 Å². The van der Waals surface area contributed by atoms with Crippen molar-refractivity contribution in [3.8, 4) is 5.75 Å². The molecule has 1 unspecified atom stereocenters. The number of carbonyl (C=O) groups excluding carboxylic acids is 2. The molecule has 1 heterocycles. The van der Waals surface area contributed by atoms with Crippen LogP contribution in [0.25, 0.3) is 0 Å². The quantitative estimate of drug-likeness (QED) is 0.480. The Bertz CT molecular complexity index is 601. The molecule has 112 valence electrons. The highest BCUT2D eigenvalue weighted by molar-refractivity contribution is 6.05. The van der Waals surface area contributed by atoms with Gasteiger partial charge < -0.3 is 10.1 Å². The summed E-state index contributed by atoms with van der Waals surface area (Å²) in [6.07, 6.45) is 0.0986. The summed E-state index contributed by atoms with van der Waals surface area (Å²) in [6, 6.07) is 3.78. The second-order valence-electron chi connectivity index (χ2n) is 4.73. The molecular weight excluding hydrogens is 278 g/mol. The number of amides is 2. The Morgan fingerprint density at radius 2 is 2.14 bits per heavy atom. The van der Waals surface area contributed by atoms with Crippen LogP contribution < -0.4 is 10.1 Å². The molecule has 21 heavy (non-hydrogen) atoms. The van der Waals surface area contributed by atoms with Crippen molar-refractivity contribution in [2.24, 2.45) is 0 Å². The fourth-order valence-electron chi connectivity index (χ4n) is 2.12. The summed E-state index contributed by atoms with van der Waals surface area (Å²) in [4.78, 5) is 34.6. The Morgan fingerprint density at radius 3 is 2.67 bits per heavy atom. The highest BCUT2D eigenvalue weighted by Gasteiger charge is 2.35. The Hall–Kier alpha value is -2.48. The van der Waals surface area contributed by atoms with Crippen LogP contribution in [0.3, 0.4) is 0 Å². The maximum Gasteiger partial charge on any atom is 0.273 e. The monoisotopic (exact) mass is 293 g/mol. The van der Waals surface area contributed by atoms with E-state index in [2.05, 4.69) is 5.32 Å². The number of rotatable bonds is 5. The van der Waals surface area contributed by atoms with Crippen LogP contribution in [0.5, 0.6) is 5.75 Å². The number of imide groups is 1. The molecule has 0 aliphatic carbocycles. The van der Waals surface area contributed by atoms with E-state index in [1.807, 2.05) is 0 Å². The topological polar surface area (TPSA) is 102 Å². The second kappa shape index (κ2) is 5.88. The smallest absolute Gasteiger partial charge is 0.273 e. The van der Waals surface area contributed by atoms with Crippen molar-refractivity contribution in [1.82, 2.24) is 10.2 Å². The first-order chi connectivity index (χ1) is 9.92. The van der Waals surface area contributed by atoms with Crippen molar-refractivity contribution in [2.45, 2.75) is 19.0 Å². The van der Waals surface area contributed by atoms with Crippen LogP contribution in [0.15, 0.2) is 18.2 Å². The standard InChI is InChI=1S/C13H15N3O5/c1-15-12(17)6-11(13(15)18)14-7-8-3-9(16(19)20)5-10(4-8)21-2/h3-5,11,14H,6-7H2,1-2H3. The van der Waals surface area contributed by atoms with Crippen molar-refractivity contribution < 1.29 is 19.2 Å². The summed E-state index contributed by atoms with van der Waals surface area (Å²) in [7, 11) is 2.85. The molecule has 0 radical (unpaired) electrons. The zero-order valence-corrected chi connectivity index (χ0v) is 11.7. The third kappa shape index (κ3) is 3.16. The molecular formula is C13H15N3O5. The molecule has 0 bridgehead atoms. The number of non-ortho nitro benzene ring substituents is 1. The van der Waals surface area contributed by atoms with Gasteiger partial charge in [0.05, 0.1) is 30.6 Å². The molecule has 1 N–H and O–H groups in total. The van der Waals surface area contributed by atoms with E-state index in [1.165, 1.54) is 26.3 Å². The molecule has 1 aliphatic heterocycles. The largest absolute Gasteiger partial charge is 0.496 e. The number of ether oxygens (including phenoxy) is 1. The number of hydrogen-bond acceptors (Lipinski definition) is 6. The molecule has 0 saturated carbocycles. The van der Waals surface area contributed by atoms with Crippen LogP contribution in [0.1, 0.15) is 12.0 Å². The molecule has 1 aliphatic rings. The number of carbonyl (C=O) groups is 2. The third-order valence-corrected chi connectivity index (χ3v) is 3.33. The van der Waals surface area contributed by atoms with Crippen LogP contribution in [0.2, 0.25) is 0 Å². The highest BCUT2D eigenvalue weighted by Crippen LogP contribution is 2.23. The van der Waals surface area contributed by atoms with Crippen LogP contribution in [-0.2, 0) is 16.1 Å². The van der Waals surface area contributed by atoms with Crippen molar-refractivity contribution in [2.75, 3.05) is 14.2 Å². The first-order valence-electron chi connectivity index (χ1n) is 6.28. The van der Waals surface area contributed by atoms with Crippen molar-refractivity contribution in [1.29, 1.82) is 0 Å². The minimum absolute atomic E-state index is 0.0860. The van der Waals surface area contributed by atoms with Crippen LogP contribution in [-0.4, -0.2) is 41.8 Å². The van der Waals surface area contributed by atoms with E-state index in [9.17, 15) is 19.7 Å². The molecule has 1 atom stereocenters. The van der Waals surface area contributed by atoms with Gasteiger partial charge in [0.1, 0.15) is 5.75 Å². The number of nitrogens with one attached hydrogen (secondary N) is 1. The minimum Gasteiger partial charge on any atom is -0.496 e. The van der Waals surface area contributed by atoms with Gasteiger partial charge in [-0.2, -0.15) is 0 Å². The van der Waals surface area contributed by atoms with Crippen molar-refractivity contribution >= 4 is 17.5 Å². The van der Waals surface area contributed by atoms with Gasteiger partial charge in [-0.05, 0) is 11.6 Å². The van der Waals surface area contributed by atoms with E-state index < -0.39 is 11.0 Å². The van der Waals surface area contributed by atoms with Crippen molar-refractivity contribution in [3.63, 3.8) is 0 Å². The minimum atomic E-state index is -0.590. The predicted octanol–water partition coefficient (Wildman–Crippen LogP) is 0.450. The van der Waals surface area contributed by atoms with Gasteiger partial charge in [-0.25, -0.2) is 0 Å². The summed E-state index contributed by atoms with van der Waals surface area (Å²) in [5, 5.41) is 13.8. The van der Waals surface area contributed by atoms with Gasteiger partial charge in [0.15, 0.2) is 0 Å². The predicted molar refractivity (Wildman–Crippen MR) is 72.7 cm³/mol. The Balaban J connectivity index is 2.10. The van der Waals surface area contributed by atoms with Gasteiger partial charge in [0.2, 0.25) is 11.8 Å². The zero-order valence-electron chi connectivity index (χ0n) is 11.7. The Morgan fingerprint density at radius 1 is 1.43 bits per heavy atom. The van der Waals surface area contributed by atoms with E-state index in [0.29, 0.717) is 11.3 Å². The molecule has 2 rings (SSSR count). The molecule has 1 aromatic rings. The Labute approximate surface area is 120 Å². The second-order valence-corrected chi connectivity index (χ2v) is 4.73. The number of likely N-dealkylation sites (tertiary alicyclic amines) is 1. The molecule has 8 nitrogen and oxygen atoms in total. The number of methoxy groups -OCH3 is 1. The number of benzene rings is 1. The molecule has 0 aromatic heterocycles. The van der Waals surface area contributed by atoms with E-state index in [0.717, 1.165) is 4.90 Å². The summed E-state index contributed by atoms with van der Waals surface area (Å²) >= 11 is 0. The molecule has 0 spiro atoms. The first-order valence-corrected chi connectivity index (χ1v) is 6.28. The zero-order chi connectivity index (χ0) is 15.6. The van der Waals surface area contributed by atoms with Crippen LogP contribution >= 0.6 is 0 Å². The molecule has 8 heteroatoms. The summed E-state index contributed by atoms with van der Waals surface area (Å²) in [6.45, 7) is 0.232. The van der Waals surface area contributed by atoms with Crippen molar-refractivity contribution in [3.05, 3.63) is 33.9 Å². The highest BCUT2D eigenvalue weighted by atomic mass is 16.6. The van der Waals surface area contributed by atoms with E-state index >= 15 is 0 Å². The van der Waals surface area contributed by atoms with Gasteiger partial charge >= 0.3 is 0 Å². The van der Waals surface area contributed by atoms with Gasteiger partial charge in [-0.3, -0.25) is 24.6 Å². The maximum absolute atomic E-state index is 11.7. The summed E-state index contributed by atoms with van der Waals surface area (Å²) < 4.78 is 5.01. The summed E-state index contributed by atoms with van der Waals surface area (Å²) in [5.74, 6) is -0.168. The van der Waals surface area contributed by atoms with E-state index in [-0.39, 0.29) is 30.5 Å². The lowest BCUT2D eigenvalue weighted by Gasteiger charge is -2.11. The lowest BCUT2D eigenvalue weighted by Crippen LogP contribution is -2.36. The Kier molecular flexibility index (Phi) is 4.18. The number of nitro benzene ring substituents is 1. The first kappa shape index (κ1) is 14.9. The lowest BCUT2D eigenvalue weighted by atomic mass is 10.1. The molecule has 2 amide bonds. The fraction of sp³-hybridized carbons (Fsp3) is 0.385. The normalized spacial score (nSPS) is 18.2. The van der Waals surface area contributed by atoms with E-state index in [4.69, 9.17) is 4.74 Å². The van der Waals surface area contributed by atoms with Gasteiger partial charge in [-0.15, -0.1) is 0 Å². The number of nitro groups is 1. The van der Waals surface area contributed by atoms with Gasteiger partial charge in [0, 0.05) is 19.7 Å². The van der Waals surface area contributed by atoms with Gasteiger partial charge in [-0.1, -0.05) is 0 Å². The molecule has 1 aromatic carbocycles. The fourth-order valence-corrected chi connectivity index (χ4v) is 2.12. The lowest BCUT2D eigenvalue weighted by molar-refractivity contribution is -0.385. The SMILES string of the molecule is COc1cc(CNC2CC(=O)N(C)C2=O)cc([N+](=O)[O-])c1. The number of likely N-dealkylation sites (N-methyl/N-ethyl adjacent to an activating group) is 1. The number of hydrogen-bond donors (Lipinski definition) is 1. The van der Waals surface area contributed by atoms with Crippen LogP contribution in [0.4, 0.5) is 5.69 Å². The average molecular weight is 293 g/mol. The van der Waals surface area contributed by atoms with E-state index in [1.54, 1.807) is 6.07 Å². The third-order valence-electron chi connectivity index (χ3n) is 3.33. The number of nitrogens with zero attached hydrogens (tertiary/aromatic N) is 2. The average Bonchev–Trinajstić information content (AvgIpc) is 2.72. The maximum atomic E-state index is 11.7. The summed E-state index contributed by atoms with van der Waals surface area (Å²) in [5.41, 5.74) is 0.521.